The number of methoxy groups -OCH3 is 1. The summed E-state index contributed by atoms with van der Waals surface area (Å²) in [6, 6.07) is 7.50. The second-order valence-electron chi connectivity index (χ2n) is 11.5. The maximum atomic E-state index is 14.1. The number of ether oxygens (including phenoxy) is 1. The van der Waals surface area contributed by atoms with Crippen molar-refractivity contribution in [3.63, 3.8) is 0 Å². The van der Waals surface area contributed by atoms with Crippen LogP contribution in [0.4, 0.5) is 0 Å². The molecular formula is C31H46O5. The Morgan fingerprint density at radius 3 is 1.97 bits per heavy atom. The number of carbonyl (C=O) groups is 2. The molecule has 0 aliphatic heterocycles. The van der Waals surface area contributed by atoms with E-state index in [1.807, 2.05) is 24.3 Å². The first-order chi connectivity index (χ1) is 16.9. The van der Waals surface area contributed by atoms with E-state index >= 15 is 0 Å². The van der Waals surface area contributed by atoms with Crippen molar-refractivity contribution in [2.75, 3.05) is 7.11 Å². The lowest BCUT2D eigenvalue weighted by Gasteiger charge is -2.38. The van der Waals surface area contributed by atoms with Crippen molar-refractivity contribution in [2.24, 2.45) is 23.2 Å². The van der Waals surface area contributed by atoms with Gasteiger partial charge in [-0.1, -0.05) is 59.7 Å². The highest BCUT2D eigenvalue weighted by molar-refractivity contribution is 6.24. The third kappa shape index (κ3) is 7.02. The lowest BCUT2D eigenvalue weighted by Crippen LogP contribution is -2.41. The highest BCUT2D eigenvalue weighted by Gasteiger charge is 2.50. The summed E-state index contributed by atoms with van der Waals surface area (Å²) in [7, 11) is 1.59. The lowest BCUT2D eigenvalue weighted by atomic mass is 9.64. The standard InChI is InChI=1S/C31H46O5/c1-20(2)12-14-24-28(33)27(25(32)15-13-23-10-8-9-11-26(23)36-7)30(35)31(29(24)34,18-16-21(3)4)19-17-22(5)6/h8-11,20-22,33-34H,12-19H2,1-7H3. The predicted molar refractivity (Wildman–Crippen MR) is 145 cm³/mol. The first-order valence-corrected chi connectivity index (χ1v) is 13.5. The lowest BCUT2D eigenvalue weighted by molar-refractivity contribution is -0.129. The molecule has 1 aliphatic rings. The number of rotatable bonds is 14. The molecule has 1 aliphatic carbocycles. The van der Waals surface area contributed by atoms with Crippen LogP contribution in [0.15, 0.2) is 46.9 Å². The Labute approximate surface area is 217 Å². The second kappa shape index (κ2) is 13.1. The van der Waals surface area contributed by atoms with E-state index in [4.69, 9.17) is 4.74 Å². The number of aliphatic hydroxyl groups excluding tert-OH is 2. The summed E-state index contributed by atoms with van der Waals surface area (Å²) in [6.45, 7) is 12.5. The van der Waals surface area contributed by atoms with E-state index in [0.29, 0.717) is 54.8 Å². The van der Waals surface area contributed by atoms with Crippen LogP contribution in [0, 0.1) is 23.2 Å². The average Bonchev–Trinajstić information content (AvgIpc) is 2.82. The minimum absolute atomic E-state index is 0.0202. The number of aliphatic hydroxyl groups is 2. The molecule has 2 N–H and O–H groups in total. The minimum atomic E-state index is -1.16. The molecule has 200 valence electrons. The zero-order chi connectivity index (χ0) is 27.0. The van der Waals surface area contributed by atoms with Crippen LogP contribution in [-0.4, -0.2) is 28.9 Å². The molecule has 2 rings (SSSR count). The Balaban J connectivity index is 2.53. The van der Waals surface area contributed by atoms with Crippen LogP contribution < -0.4 is 4.74 Å². The molecule has 0 unspecified atom stereocenters. The zero-order valence-electron chi connectivity index (χ0n) is 23.3. The molecule has 0 saturated heterocycles. The number of Topliss-reactive ketones (excluding diaryl/α,β-unsaturated/α-hetero) is 2. The van der Waals surface area contributed by atoms with Crippen molar-refractivity contribution < 1.29 is 24.5 Å². The van der Waals surface area contributed by atoms with Gasteiger partial charge in [0.05, 0.1) is 12.5 Å². The fourth-order valence-corrected chi connectivity index (χ4v) is 4.88. The van der Waals surface area contributed by atoms with Gasteiger partial charge in [-0.25, -0.2) is 0 Å². The quantitative estimate of drug-likeness (QED) is 0.257. The number of para-hydroxylation sites is 1. The van der Waals surface area contributed by atoms with Crippen molar-refractivity contribution >= 4 is 11.6 Å². The molecule has 0 saturated carbocycles. The molecule has 5 heteroatoms. The second-order valence-corrected chi connectivity index (χ2v) is 11.5. The van der Waals surface area contributed by atoms with Crippen molar-refractivity contribution in [1.29, 1.82) is 0 Å². The van der Waals surface area contributed by atoms with Gasteiger partial charge < -0.3 is 14.9 Å². The van der Waals surface area contributed by atoms with E-state index in [-0.39, 0.29) is 29.3 Å². The SMILES string of the molecule is COc1ccccc1CCC(=O)C1=C(O)C(CCC(C)C)=C(O)C(CCC(C)C)(CCC(C)C)C1=O. The van der Waals surface area contributed by atoms with Gasteiger partial charge in [-0.2, -0.15) is 0 Å². The molecule has 5 nitrogen and oxygen atoms in total. The van der Waals surface area contributed by atoms with Crippen LogP contribution in [0.1, 0.15) is 92.1 Å². The summed E-state index contributed by atoms with van der Waals surface area (Å²) in [5.74, 6) is 0.572. The van der Waals surface area contributed by atoms with E-state index in [9.17, 15) is 19.8 Å². The Kier molecular flexibility index (Phi) is 10.8. The van der Waals surface area contributed by atoms with Gasteiger partial charge in [-0.3, -0.25) is 9.59 Å². The Bertz CT molecular complexity index is 968. The van der Waals surface area contributed by atoms with E-state index in [1.165, 1.54) is 0 Å². The predicted octanol–water partition coefficient (Wildman–Crippen LogP) is 7.70. The van der Waals surface area contributed by atoms with Gasteiger partial charge in [-0.05, 0) is 74.3 Å². The summed E-state index contributed by atoms with van der Waals surface area (Å²) in [5.41, 5.74) is -0.0471. The number of carbonyl (C=O) groups excluding carboxylic acids is 2. The van der Waals surface area contributed by atoms with Gasteiger partial charge in [0.25, 0.3) is 0 Å². The van der Waals surface area contributed by atoms with E-state index in [2.05, 4.69) is 41.5 Å². The molecule has 36 heavy (non-hydrogen) atoms. The Morgan fingerprint density at radius 2 is 1.44 bits per heavy atom. The summed E-state index contributed by atoms with van der Waals surface area (Å²) < 4.78 is 5.41. The summed E-state index contributed by atoms with van der Waals surface area (Å²) in [4.78, 5) is 27.7. The van der Waals surface area contributed by atoms with E-state index < -0.39 is 11.2 Å². The molecule has 1 aromatic carbocycles. The highest BCUT2D eigenvalue weighted by Crippen LogP contribution is 2.48. The number of hydrogen-bond acceptors (Lipinski definition) is 5. The van der Waals surface area contributed by atoms with Crippen LogP contribution in [0.2, 0.25) is 0 Å². The molecular weight excluding hydrogens is 452 g/mol. The number of benzene rings is 1. The van der Waals surface area contributed by atoms with Crippen LogP contribution >= 0.6 is 0 Å². The normalized spacial score (nSPS) is 16.0. The topological polar surface area (TPSA) is 83.8 Å². The summed E-state index contributed by atoms with van der Waals surface area (Å²) in [6.07, 6.45) is 4.06. The molecule has 0 heterocycles. The number of aryl methyl sites for hydroxylation is 1. The van der Waals surface area contributed by atoms with Crippen LogP contribution in [0.3, 0.4) is 0 Å². The van der Waals surface area contributed by atoms with Gasteiger partial charge in [0.1, 0.15) is 22.8 Å². The first-order valence-electron chi connectivity index (χ1n) is 13.5. The van der Waals surface area contributed by atoms with E-state index in [1.54, 1.807) is 7.11 Å². The molecule has 0 fully saturated rings. The maximum absolute atomic E-state index is 14.1. The molecule has 0 atom stereocenters. The number of hydrogen-bond donors (Lipinski definition) is 2. The summed E-state index contributed by atoms with van der Waals surface area (Å²) >= 11 is 0. The first kappa shape index (κ1) is 29.7. The Hall–Kier alpha value is -2.56. The largest absolute Gasteiger partial charge is 0.511 e. The van der Waals surface area contributed by atoms with Gasteiger partial charge in [-0.15, -0.1) is 0 Å². The Morgan fingerprint density at radius 1 is 0.889 bits per heavy atom. The summed E-state index contributed by atoms with van der Waals surface area (Å²) in [5, 5.41) is 22.8. The zero-order valence-corrected chi connectivity index (χ0v) is 23.3. The maximum Gasteiger partial charge on any atom is 0.183 e. The van der Waals surface area contributed by atoms with Crippen molar-refractivity contribution in [2.45, 2.75) is 92.9 Å². The minimum Gasteiger partial charge on any atom is -0.511 e. The third-order valence-corrected chi connectivity index (χ3v) is 7.28. The molecule has 0 amide bonds. The molecule has 1 aromatic rings. The fraction of sp³-hybridized carbons (Fsp3) is 0.613. The number of allylic oxidation sites excluding steroid dienone is 3. The van der Waals surface area contributed by atoms with Gasteiger partial charge in [0, 0.05) is 12.0 Å². The van der Waals surface area contributed by atoms with E-state index in [0.717, 1.165) is 24.8 Å². The monoisotopic (exact) mass is 498 g/mol. The van der Waals surface area contributed by atoms with Gasteiger partial charge >= 0.3 is 0 Å². The van der Waals surface area contributed by atoms with Crippen LogP contribution in [0.25, 0.3) is 0 Å². The molecule has 0 spiro atoms. The van der Waals surface area contributed by atoms with Crippen molar-refractivity contribution in [3.8, 4) is 5.75 Å². The molecule has 0 bridgehead atoms. The van der Waals surface area contributed by atoms with Crippen LogP contribution in [-0.2, 0) is 16.0 Å². The van der Waals surface area contributed by atoms with Crippen molar-refractivity contribution in [1.82, 2.24) is 0 Å². The number of ketones is 2. The van der Waals surface area contributed by atoms with Gasteiger partial charge in [0.2, 0.25) is 0 Å². The van der Waals surface area contributed by atoms with Crippen LogP contribution in [0.5, 0.6) is 5.75 Å². The van der Waals surface area contributed by atoms with Gasteiger partial charge in [0.15, 0.2) is 11.6 Å². The fourth-order valence-electron chi connectivity index (χ4n) is 4.88. The smallest absolute Gasteiger partial charge is 0.183 e. The average molecular weight is 499 g/mol. The molecule has 0 aromatic heterocycles. The third-order valence-electron chi connectivity index (χ3n) is 7.28. The van der Waals surface area contributed by atoms with Crippen molar-refractivity contribution in [3.05, 3.63) is 52.5 Å². The molecule has 0 radical (unpaired) electrons. The highest BCUT2D eigenvalue weighted by atomic mass is 16.5.